The van der Waals surface area contributed by atoms with Crippen molar-refractivity contribution in [1.29, 1.82) is 5.26 Å². The summed E-state index contributed by atoms with van der Waals surface area (Å²) in [4.78, 5) is 45.1. The summed E-state index contributed by atoms with van der Waals surface area (Å²) in [6, 6.07) is 8.63. The van der Waals surface area contributed by atoms with Crippen molar-refractivity contribution in [2.45, 2.75) is 5.92 Å². The van der Waals surface area contributed by atoms with Gasteiger partial charge in [0.05, 0.1) is 28.2 Å². The lowest BCUT2D eigenvalue weighted by molar-refractivity contribution is 0.0971. The predicted molar refractivity (Wildman–Crippen MR) is 112 cm³/mol. The van der Waals surface area contributed by atoms with Crippen molar-refractivity contribution in [3.8, 4) is 6.07 Å². The highest BCUT2D eigenvalue weighted by Crippen LogP contribution is 2.24. The highest BCUT2D eigenvalue weighted by molar-refractivity contribution is 6.33. The van der Waals surface area contributed by atoms with Crippen LogP contribution in [0.3, 0.4) is 0 Å². The van der Waals surface area contributed by atoms with E-state index in [-0.39, 0.29) is 16.5 Å². The second-order valence-corrected chi connectivity index (χ2v) is 7.46. The zero-order valence-corrected chi connectivity index (χ0v) is 16.9. The van der Waals surface area contributed by atoms with Crippen LogP contribution in [0.15, 0.2) is 35.3 Å². The van der Waals surface area contributed by atoms with E-state index in [4.69, 9.17) is 11.6 Å². The molecule has 2 aromatic heterocycles. The van der Waals surface area contributed by atoms with E-state index in [2.05, 4.69) is 24.8 Å². The number of aromatic amines is 1. The Morgan fingerprint density at radius 2 is 1.97 bits per heavy atom. The summed E-state index contributed by atoms with van der Waals surface area (Å²) in [5, 5.41) is 10.1. The number of likely N-dealkylation sites (N-methyl/N-ethyl adjacent to an activating group) is 1. The third kappa shape index (κ3) is 3.75. The number of nitrogens with one attached hydrogen (secondary N) is 1. The smallest absolute Gasteiger partial charge is 0.258 e. The van der Waals surface area contributed by atoms with Crippen molar-refractivity contribution in [3.05, 3.63) is 57.4 Å². The van der Waals surface area contributed by atoms with Gasteiger partial charge in [0.25, 0.3) is 5.56 Å². The number of halogens is 1. The number of piperazine rings is 1. The Labute approximate surface area is 177 Å². The number of ketones is 1. The van der Waals surface area contributed by atoms with Crippen LogP contribution in [0, 0.1) is 11.3 Å². The first kappa shape index (κ1) is 19.9. The van der Waals surface area contributed by atoms with E-state index >= 15 is 0 Å². The molecule has 1 aromatic carbocycles. The van der Waals surface area contributed by atoms with Crippen LogP contribution in [0.2, 0.25) is 5.02 Å². The number of hydrogen-bond donors (Lipinski definition) is 1. The molecule has 0 saturated carbocycles. The molecule has 1 saturated heterocycles. The van der Waals surface area contributed by atoms with Gasteiger partial charge in [0.2, 0.25) is 11.7 Å². The number of Topliss-reactive ketones (excluding diaryl/α,β-unsaturated/α-hetero) is 1. The topological polar surface area (TPSA) is 119 Å². The van der Waals surface area contributed by atoms with Gasteiger partial charge >= 0.3 is 0 Å². The molecule has 1 aliphatic heterocycles. The first-order valence-electron chi connectivity index (χ1n) is 9.36. The summed E-state index contributed by atoms with van der Waals surface area (Å²) in [7, 11) is 2.03. The number of nitriles is 1. The van der Waals surface area contributed by atoms with Crippen molar-refractivity contribution in [2.75, 3.05) is 38.1 Å². The molecule has 0 spiro atoms. The molecule has 9 nitrogen and oxygen atoms in total. The fraction of sp³-hybridized carbons (Fsp3) is 0.300. The molecule has 0 aliphatic carbocycles. The number of hydrogen-bond acceptors (Lipinski definition) is 8. The van der Waals surface area contributed by atoms with Gasteiger partial charge in [-0.05, 0) is 19.2 Å². The number of carbonyl (C=O) groups is 1. The Bertz CT molecular complexity index is 1210. The molecular formula is C20H18ClN7O2. The summed E-state index contributed by atoms with van der Waals surface area (Å²) in [6.07, 6.45) is 1.36. The standard InChI is InChI=1S/C20H18ClN7O2/c1-27-6-8-28(9-7-27)20-23-11-14(21)16(25-20)17(29)13(10-22)18-24-15-5-3-2-4-12(15)19(30)26-18/h2-5,11,13H,6-9H2,1H3,(H,24,26,30). The summed E-state index contributed by atoms with van der Waals surface area (Å²) < 4.78 is 0. The molecule has 1 aliphatic rings. The number of fused-ring (bicyclic) bond motifs is 1. The Balaban J connectivity index is 1.70. The third-order valence-electron chi connectivity index (χ3n) is 5.05. The molecule has 0 amide bonds. The lowest BCUT2D eigenvalue weighted by Gasteiger charge is -2.32. The number of rotatable bonds is 4. The zero-order chi connectivity index (χ0) is 21.3. The summed E-state index contributed by atoms with van der Waals surface area (Å²) in [6.45, 7) is 3.12. The fourth-order valence-electron chi connectivity index (χ4n) is 3.31. The molecule has 3 heterocycles. The number of benzene rings is 1. The minimum absolute atomic E-state index is 0.0398. The predicted octanol–water partition coefficient (Wildman–Crippen LogP) is 1.61. The quantitative estimate of drug-likeness (QED) is 0.628. The number of carbonyl (C=O) groups excluding carboxylic acids is 1. The molecule has 0 bridgehead atoms. The highest BCUT2D eigenvalue weighted by Gasteiger charge is 2.29. The second kappa shape index (κ2) is 8.18. The Kier molecular flexibility index (Phi) is 5.44. The number of nitrogens with zero attached hydrogens (tertiary/aromatic N) is 6. The maximum Gasteiger partial charge on any atom is 0.258 e. The molecular weight excluding hydrogens is 406 g/mol. The van der Waals surface area contributed by atoms with Gasteiger partial charge in [-0.3, -0.25) is 9.59 Å². The second-order valence-electron chi connectivity index (χ2n) is 7.05. The van der Waals surface area contributed by atoms with E-state index in [9.17, 15) is 14.9 Å². The fourth-order valence-corrected chi connectivity index (χ4v) is 3.50. The van der Waals surface area contributed by atoms with Crippen LogP contribution in [-0.2, 0) is 0 Å². The molecule has 30 heavy (non-hydrogen) atoms. The van der Waals surface area contributed by atoms with Crippen molar-refractivity contribution < 1.29 is 4.79 Å². The SMILES string of the molecule is CN1CCN(c2ncc(Cl)c(C(=O)C(C#N)c3nc4ccccc4c(=O)[nH]3)n2)CC1. The summed E-state index contributed by atoms with van der Waals surface area (Å²) in [5.74, 6) is -1.65. The Hall–Kier alpha value is -3.35. The number of anilines is 1. The molecule has 10 heteroatoms. The molecule has 3 aromatic rings. The van der Waals surface area contributed by atoms with E-state index in [1.165, 1.54) is 6.20 Å². The van der Waals surface area contributed by atoms with Gasteiger partial charge in [0.15, 0.2) is 5.92 Å². The van der Waals surface area contributed by atoms with E-state index in [0.717, 1.165) is 13.1 Å². The minimum Gasteiger partial charge on any atom is -0.338 e. The van der Waals surface area contributed by atoms with Crippen LogP contribution in [0.25, 0.3) is 10.9 Å². The van der Waals surface area contributed by atoms with Gasteiger partial charge < -0.3 is 14.8 Å². The molecule has 1 N–H and O–H groups in total. The normalized spacial score (nSPS) is 15.7. The van der Waals surface area contributed by atoms with E-state index in [0.29, 0.717) is 29.9 Å². The van der Waals surface area contributed by atoms with Crippen LogP contribution in [-0.4, -0.2) is 63.8 Å². The van der Waals surface area contributed by atoms with Crippen molar-refractivity contribution >= 4 is 34.2 Å². The maximum absolute atomic E-state index is 13.1. The van der Waals surface area contributed by atoms with Crippen molar-refractivity contribution in [3.63, 3.8) is 0 Å². The van der Waals surface area contributed by atoms with Gasteiger partial charge in [-0.2, -0.15) is 5.26 Å². The van der Waals surface area contributed by atoms with Crippen LogP contribution in [0.4, 0.5) is 5.95 Å². The van der Waals surface area contributed by atoms with E-state index < -0.39 is 17.3 Å². The molecule has 4 rings (SSSR count). The molecule has 0 radical (unpaired) electrons. The summed E-state index contributed by atoms with van der Waals surface area (Å²) in [5.41, 5.74) is -0.0882. The Morgan fingerprint density at radius 3 is 2.70 bits per heavy atom. The first-order chi connectivity index (χ1) is 14.5. The van der Waals surface area contributed by atoms with Gasteiger partial charge in [-0.15, -0.1) is 0 Å². The van der Waals surface area contributed by atoms with E-state index in [1.807, 2.05) is 18.0 Å². The number of para-hydroxylation sites is 1. The maximum atomic E-state index is 13.1. The van der Waals surface area contributed by atoms with E-state index in [1.54, 1.807) is 24.3 Å². The zero-order valence-electron chi connectivity index (χ0n) is 16.2. The largest absolute Gasteiger partial charge is 0.338 e. The molecule has 1 fully saturated rings. The third-order valence-corrected chi connectivity index (χ3v) is 5.32. The molecule has 1 atom stereocenters. The molecule has 1 unspecified atom stereocenters. The van der Waals surface area contributed by atoms with Crippen LogP contribution in [0.1, 0.15) is 22.2 Å². The average Bonchev–Trinajstić information content (AvgIpc) is 2.75. The van der Waals surface area contributed by atoms with Crippen LogP contribution < -0.4 is 10.5 Å². The van der Waals surface area contributed by atoms with Gasteiger partial charge in [0, 0.05) is 26.2 Å². The lowest BCUT2D eigenvalue weighted by Crippen LogP contribution is -2.45. The van der Waals surface area contributed by atoms with Crippen molar-refractivity contribution in [2.24, 2.45) is 0 Å². The van der Waals surface area contributed by atoms with Crippen LogP contribution >= 0.6 is 11.6 Å². The average molecular weight is 424 g/mol. The first-order valence-corrected chi connectivity index (χ1v) is 9.74. The summed E-state index contributed by atoms with van der Waals surface area (Å²) >= 11 is 6.19. The van der Waals surface area contributed by atoms with Gasteiger partial charge in [-0.25, -0.2) is 15.0 Å². The monoisotopic (exact) mass is 423 g/mol. The van der Waals surface area contributed by atoms with Crippen LogP contribution in [0.5, 0.6) is 0 Å². The molecule has 152 valence electrons. The lowest BCUT2D eigenvalue weighted by atomic mass is 10.0. The number of aromatic nitrogens is 4. The Morgan fingerprint density at radius 1 is 1.23 bits per heavy atom. The van der Waals surface area contributed by atoms with Gasteiger partial charge in [0.1, 0.15) is 11.5 Å². The minimum atomic E-state index is -1.35. The number of H-pyrrole nitrogens is 1. The highest BCUT2D eigenvalue weighted by atomic mass is 35.5. The van der Waals surface area contributed by atoms with Crippen molar-refractivity contribution in [1.82, 2.24) is 24.8 Å². The van der Waals surface area contributed by atoms with Gasteiger partial charge in [-0.1, -0.05) is 23.7 Å².